The molecule has 7 nitrogen and oxygen atoms in total. The normalized spacial score (nSPS) is 12.7. The van der Waals surface area contributed by atoms with Crippen LogP contribution in [0.25, 0.3) is 0 Å². The molecule has 0 aliphatic heterocycles. The molecule has 2 aromatic carbocycles. The Labute approximate surface area is 211 Å². The van der Waals surface area contributed by atoms with Crippen LogP contribution in [-0.4, -0.2) is 49.5 Å². The summed E-state index contributed by atoms with van der Waals surface area (Å²) in [6.07, 6.45) is 1.45. The fraction of sp³-hybridized carbons (Fsp3) is 0.440. The van der Waals surface area contributed by atoms with E-state index in [1.54, 1.807) is 24.3 Å². The third-order valence-corrected chi connectivity index (χ3v) is 6.96. The highest BCUT2D eigenvalue weighted by Crippen LogP contribution is 2.28. The van der Waals surface area contributed by atoms with Gasteiger partial charge >= 0.3 is 0 Å². The first-order chi connectivity index (χ1) is 15.7. The molecule has 9 heteroatoms. The van der Waals surface area contributed by atoms with Gasteiger partial charge in [-0.1, -0.05) is 48.9 Å². The van der Waals surface area contributed by atoms with Crippen molar-refractivity contribution in [3.05, 3.63) is 64.1 Å². The monoisotopic (exact) mass is 551 g/mol. The third kappa shape index (κ3) is 7.84. The minimum absolute atomic E-state index is 0.183. The molecule has 2 rings (SSSR count). The minimum atomic E-state index is -3.77. The number of halogens is 1. The average molecular weight is 553 g/mol. The van der Waals surface area contributed by atoms with Gasteiger partial charge in [0.15, 0.2) is 0 Å². The van der Waals surface area contributed by atoms with Crippen molar-refractivity contribution in [2.24, 2.45) is 0 Å². The van der Waals surface area contributed by atoms with Crippen LogP contribution < -0.4 is 9.62 Å². The lowest BCUT2D eigenvalue weighted by atomic mass is 10.1. The lowest BCUT2D eigenvalue weighted by molar-refractivity contribution is -0.141. The number of sulfonamides is 1. The first-order valence-corrected chi connectivity index (χ1v) is 13.8. The number of carbonyl (C=O) groups is 2. The van der Waals surface area contributed by atoms with Gasteiger partial charge in [-0.15, -0.1) is 0 Å². The van der Waals surface area contributed by atoms with Crippen molar-refractivity contribution in [3.63, 3.8) is 0 Å². The van der Waals surface area contributed by atoms with E-state index in [2.05, 4.69) is 21.2 Å². The Balaban J connectivity index is 2.46. The zero-order valence-electron chi connectivity index (χ0n) is 20.6. The maximum atomic E-state index is 13.7. The van der Waals surface area contributed by atoms with Gasteiger partial charge in [-0.05, 0) is 67.7 Å². The van der Waals surface area contributed by atoms with Gasteiger partial charge in [-0.2, -0.15) is 0 Å². The van der Waals surface area contributed by atoms with Crippen molar-refractivity contribution >= 4 is 43.5 Å². The lowest BCUT2D eigenvalue weighted by Gasteiger charge is -2.34. The van der Waals surface area contributed by atoms with Gasteiger partial charge in [-0.3, -0.25) is 13.9 Å². The van der Waals surface area contributed by atoms with E-state index in [4.69, 9.17) is 0 Å². The SMILES string of the molecule is CCC(C(=O)NC(C)(C)C)N(Cc1ccc(C)cc1)C(=O)CN(c1ccccc1Br)S(C)(=O)=O. The second-order valence-corrected chi connectivity index (χ2v) is 12.2. The molecule has 0 saturated carbocycles. The van der Waals surface area contributed by atoms with Crippen LogP contribution in [0.5, 0.6) is 0 Å². The highest BCUT2D eigenvalue weighted by Gasteiger charge is 2.33. The average Bonchev–Trinajstić information content (AvgIpc) is 2.71. The Hall–Kier alpha value is -2.39. The molecule has 2 amide bonds. The highest BCUT2D eigenvalue weighted by molar-refractivity contribution is 9.10. The molecule has 1 N–H and O–H groups in total. The van der Waals surface area contributed by atoms with Gasteiger partial charge < -0.3 is 10.2 Å². The number of benzene rings is 2. The number of rotatable bonds is 9. The number of hydrogen-bond donors (Lipinski definition) is 1. The predicted molar refractivity (Wildman–Crippen MR) is 140 cm³/mol. The molecule has 2 aromatic rings. The number of nitrogens with zero attached hydrogens (tertiary/aromatic N) is 2. The summed E-state index contributed by atoms with van der Waals surface area (Å²) in [5, 5.41) is 2.95. The molecular weight excluding hydrogens is 518 g/mol. The van der Waals surface area contributed by atoms with Crippen molar-refractivity contribution in [1.29, 1.82) is 0 Å². The molecule has 1 unspecified atom stereocenters. The summed E-state index contributed by atoms with van der Waals surface area (Å²) in [4.78, 5) is 28.3. The van der Waals surface area contributed by atoms with Crippen molar-refractivity contribution in [2.75, 3.05) is 17.1 Å². The molecular formula is C25H34BrN3O4S. The Morgan fingerprint density at radius 3 is 2.15 bits per heavy atom. The number of carbonyl (C=O) groups excluding carboxylic acids is 2. The summed E-state index contributed by atoms with van der Waals surface area (Å²) < 4.78 is 26.9. The smallest absolute Gasteiger partial charge is 0.244 e. The second kappa shape index (κ2) is 11.4. The third-order valence-electron chi connectivity index (χ3n) is 5.16. The Kier molecular flexibility index (Phi) is 9.30. The molecule has 1 atom stereocenters. The Morgan fingerprint density at radius 1 is 1.06 bits per heavy atom. The standard InChI is InChI=1S/C25H34BrN3O4S/c1-7-21(24(31)27-25(3,4)5)28(16-19-14-12-18(2)13-15-19)23(30)17-29(34(6,32)33)22-11-9-8-10-20(22)26/h8-15,21H,7,16-17H2,1-6H3,(H,27,31). The van der Waals surface area contributed by atoms with E-state index in [0.717, 1.165) is 21.7 Å². The van der Waals surface area contributed by atoms with Crippen LogP contribution in [0.15, 0.2) is 53.0 Å². The largest absolute Gasteiger partial charge is 0.350 e. The van der Waals surface area contributed by atoms with E-state index in [1.165, 1.54) is 4.90 Å². The van der Waals surface area contributed by atoms with Crippen LogP contribution in [0, 0.1) is 6.92 Å². The van der Waals surface area contributed by atoms with Crippen LogP contribution in [0.1, 0.15) is 45.2 Å². The summed E-state index contributed by atoms with van der Waals surface area (Å²) in [7, 11) is -3.77. The fourth-order valence-electron chi connectivity index (χ4n) is 3.51. The highest BCUT2D eigenvalue weighted by atomic mass is 79.9. The molecule has 34 heavy (non-hydrogen) atoms. The molecule has 0 spiro atoms. The molecule has 0 radical (unpaired) electrons. The van der Waals surface area contributed by atoms with Gasteiger partial charge in [0.25, 0.3) is 0 Å². The Morgan fingerprint density at radius 2 is 1.65 bits per heavy atom. The molecule has 0 heterocycles. The molecule has 0 fully saturated rings. The van der Waals surface area contributed by atoms with E-state index >= 15 is 0 Å². The Bertz CT molecular complexity index is 1110. The number of para-hydroxylation sites is 1. The maximum Gasteiger partial charge on any atom is 0.244 e. The van der Waals surface area contributed by atoms with Gasteiger partial charge in [0.1, 0.15) is 12.6 Å². The quantitative estimate of drug-likeness (QED) is 0.504. The second-order valence-electron chi connectivity index (χ2n) is 9.39. The molecule has 186 valence electrons. The minimum Gasteiger partial charge on any atom is -0.350 e. The van der Waals surface area contributed by atoms with Gasteiger partial charge in [0.2, 0.25) is 21.8 Å². The van der Waals surface area contributed by atoms with Gasteiger partial charge in [0, 0.05) is 16.6 Å². The van der Waals surface area contributed by atoms with Crippen LogP contribution in [0.2, 0.25) is 0 Å². The van der Waals surface area contributed by atoms with Crippen LogP contribution in [0.4, 0.5) is 5.69 Å². The van der Waals surface area contributed by atoms with Crippen molar-refractivity contribution in [2.45, 2.75) is 59.2 Å². The van der Waals surface area contributed by atoms with E-state index in [0.29, 0.717) is 16.6 Å². The zero-order valence-corrected chi connectivity index (χ0v) is 23.0. The predicted octanol–water partition coefficient (Wildman–Crippen LogP) is 4.25. The topological polar surface area (TPSA) is 86.8 Å². The summed E-state index contributed by atoms with van der Waals surface area (Å²) in [6, 6.07) is 13.8. The summed E-state index contributed by atoms with van der Waals surface area (Å²) in [5.41, 5.74) is 1.82. The van der Waals surface area contributed by atoms with Gasteiger partial charge in [0.05, 0.1) is 11.9 Å². The van der Waals surface area contributed by atoms with Crippen LogP contribution in [0.3, 0.4) is 0 Å². The van der Waals surface area contributed by atoms with Gasteiger partial charge in [-0.25, -0.2) is 8.42 Å². The maximum absolute atomic E-state index is 13.7. The summed E-state index contributed by atoms with van der Waals surface area (Å²) in [5.74, 6) is -0.736. The van der Waals surface area contributed by atoms with Crippen LogP contribution in [-0.2, 0) is 26.2 Å². The van der Waals surface area contributed by atoms with Crippen molar-refractivity contribution < 1.29 is 18.0 Å². The molecule has 0 aliphatic carbocycles. The number of nitrogens with one attached hydrogen (secondary N) is 1. The first kappa shape index (κ1) is 27.9. The number of aryl methyl sites for hydroxylation is 1. The number of anilines is 1. The molecule has 0 aromatic heterocycles. The number of hydrogen-bond acceptors (Lipinski definition) is 4. The molecule has 0 bridgehead atoms. The van der Waals surface area contributed by atoms with E-state index in [1.807, 2.05) is 58.9 Å². The van der Waals surface area contributed by atoms with Crippen LogP contribution >= 0.6 is 15.9 Å². The number of amides is 2. The van der Waals surface area contributed by atoms with E-state index in [-0.39, 0.29) is 12.5 Å². The van der Waals surface area contributed by atoms with E-state index < -0.39 is 34.1 Å². The zero-order chi connectivity index (χ0) is 25.7. The first-order valence-electron chi connectivity index (χ1n) is 11.1. The van der Waals surface area contributed by atoms with Crippen molar-refractivity contribution in [1.82, 2.24) is 10.2 Å². The van der Waals surface area contributed by atoms with E-state index in [9.17, 15) is 18.0 Å². The molecule has 0 aliphatic rings. The fourth-order valence-corrected chi connectivity index (χ4v) is 4.99. The molecule has 0 saturated heterocycles. The van der Waals surface area contributed by atoms with Crippen molar-refractivity contribution in [3.8, 4) is 0 Å². The summed E-state index contributed by atoms with van der Waals surface area (Å²) >= 11 is 3.38. The lowest BCUT2D eigenvalue weighted by Crippen LogP contribution is -2.55. The summed E-state index contributed by atoms with van der Waals surface area (Å²) in [6.45, 7) is 9.20.